The topological polar surface area (TPSA) is 40.5 Å². The van der Waals surface area contributed by atoms with Crippen LogP contribution in [0, 0.1) is 0 Å². The van der Waals surface area contributed by atoms with Gasteiger partial charge in [-0.3, -0.25) is 4.79 Å². The quantitative estimate of drug-likeness (QED) is 0.587. The number of nitrogens with zero attached hydrogens (tertiary/aromatic N) is 1. The first-order valence-electron chi connectivity index (χ1n) is 4.19. The number of aliphatic hydroxyl groups excluding tert-OH is 1. The first-order valence-corrected chi connectivity index (χ1v) is 4.19. The van der Waals surface area contributed by atoms with E-state index in [1.165, 1.54) is 11.8 Å². The Morgan fingerprint density at radius 1 is 1.50 bits per heavy atom. The highest BCUT2D eigenvalue weighted by Gasteiger charge is 2.32. The zero-order valence-corrected chi connectivity index (χ0v) is 7.75. The van der Waals surface area contributed by atoms with Crippen molar-refractivity contribution in [3.8, 4) is 0 Å². The average molecular weight is 177 g/mol. The highest BCUT2D eigenvalue weighted by Crippen LogP contribution is 2.12. The summed E-state index contributed by atoms with van der Waals surface area (Å²) in [5.74, 6) is -0.181. The van der Waals surface area contributed by atoms with Crippen molar-refractivity contribution in [3.63, 3.8) is 0 Å². The first kappa shape index (κ1) is 11.4. The molecule has 1 aliphatic heterocycles. The van der Waals surface area contributed by atoms with Crippen LogP contribution in [0.2, 0.25) is 0 Å². The van der Waals surface area contributed by atoms with Crippen LogP contribution in [0.15, 0.2) is 0 Å². The Bertz CT molecular complexity index is 142. The smallest absolute Gasteiger partial charge is 0.219 e. The summed E-state index contributed by atoms with van der Waals surface area (Å²) < 4.78 is 12.5. The lowest BCUT2D eigenvalue weighted by molar-refractivity contribution is -0.128. The predicted molar refractivity (Wildman–Crippen MR) is 44.5 cm³/mol. The summed E-state index contributed by atoms with van der Waals surface area (Å²) in [5.41, 5.74) is 0. The number of carbonyl (C=O) groups excluding carboxylic acids is 1. The lowest BCUT2D eigenvalue weighted by Crippen LogP contribution is -2.26. The molecule has 72 valence electrons. The van der Waals surface area contributed by atoms with Crippen molar-refractivity contribution < 1.29 is 14.3 Å². The summed E-state index contributed by atoms with van der Waals surface area (Å²) in [5, 5.41) is 8.85. The number of amides is 1. The molecule has 1 rings (SSSR count). The molecular weight excluding hydrogens is 161 g/mol. The Morgan fingerprint density at radius 2 is 2.00 bits per heavy atom. The van der Waals surface area contributed by atoms with Gasteiger partial charge < -0.3 is 10.0 Å². The number of likely N-dealkylation sites (tertiary alicyclic amines) is 1. The second-order valence-corrected chi connectivity index (χ2v) is 2.51. The van der Waals surface area contributed by atoms with E-state index in [1.807, 2.05) is 13.8 Å². The van der Waals surface area contributed by atoms with Crippen molar-refractivity contribution in [1.29, 1.82) is 0 Å². The molecule has 0 aliphatic carbocycles. The fraction of sp³-hybridized carbons (Fsp3) is 0.875. The maximum atomic E-state index is 12.5. The highest BCUT2D eigenvalue weighted by atomic mass is 19.1. The molecule has 12 heavy (non-hydrogen) atoms. The van der Waals surface area contributed by atoms with Gasteiger partial charge in [-0.25, -0.2) is 4.39 Å². The van der Waals surface area contributed by atoms with E-state index in [1.54, 1.807) is 0 Å². The summed E-state index contributed by atoms with van der Waals surface area (Å²) in [7, 11) is 0. The van der Waals surface area contributed by atoms with E-state index in [0.717, 1.165) is 0 Å². The molecule has 1 heterocycles. The molecule has 1 aliphatic rings. The Kier molecular flexibility index (Phi) is 4.81. The Balaban J connectivity index is 0.000000561. The van der Waals surface area contributed by atoms with Crippen molar-refractivity contribution >= 4 is 5.91 Å². The number of β-amino-alcohol motifs (C(OH)–C–C–N with tert-alkyl or cyclic N) is 1. The van der Waals surface area contributed by atoms with Gasteiger partial charge in [0.1, 0.15) is 12.3 Å². The van der Waals surface area contributed by atoms with Gasteiger partial charge in [-0.1, -0.05) is 13.8 Å². The highest BCUT2D eigenvalue weighted by molar-refractivity contribution is 5.73. The molecule has 0 aromatic rings. The molecule has 1 N–H and O–H groups in total. The van der Waals surface area contributed by atoms with Crippen LogP contribution in [0.1, 0.15) is 20.8 Å². The monoisotopic (exact) mass is 177 g/mol. The third-order valence-electron chi connectivity index (χ3n) is 1.67. The van der Waals surface area contributed by atoms with E-state index in [-0.39, 0.29) is 19.0 Å². The Labute approximate surface area is 72.2 Å². The minimum Gasteiger partial charge on any atom is -0.388 e. The van der Waals surface area contributed by atoms with Crippen molar-refractivity contribution in [2.45, 2.75) is 33.0 Å². The van der Waals surface area contributed by atoms with E-state index < -0.39 is 12.3 Å². The minimum absolute atomic E-state index is 0.0382. The van der Waals surface area contributed by atoms with Crippen LogP contribution >= 0.6 is 0 Å². The zero-order valence-electron chi connectivity index (χ0n) is 7.75. The van der Waals surface area contributed by atoms with Gasteiger partial charge in [0, 0.05) is 13.5 Å². The minimum atomic E-state index is -1.26. The van der Waals surface area contributed by atoms with Gasteiger partial charge in [0.25, 0.3) is 0 Å². The third kappa shape index (κ3) is 2.77. The Morgan fingerprint density at radius 3 is 2.17 bits per heavy atom. The molecule has 2 atom stereocenters. The van der Waals surface area contributed by atoms with Gasteiger partial charge >= 0.3 is 0 Å². The summed E-state index contributed by atoms with van der Waals surface area (Å²) in [6, 6.07) is 0. The van der Waals surface area contributed by atoms with Gasteiger partial charge in [-0.2, -0.15) is 0 Å². The molecule has 1 saturated heterocycles. The van der Waals surface area contributed by atoms with Gasteiger partial charge in [0.05, 0.1) is 6.54 Å². The van der Waals surface area contributed by atoms with Gasteiger partial charge in [0.15, 0.2) is 0 Å². The van der Waals surface area contributed by atoms with Crippen LogP contribution in [0.5, 0.6) is 0 Å². The standard InChI is InChI=1S/C6H10FNO2.C2H6/c1-4(9)8-2-5(7)6(10)3-8;1-2/h5-6,10H,2-3H2,1H3;1-2H3. The maximum absolute atomic E-state index is 12.5. The molecule has 1 fully saturated rings. The number of carbonyl (C=O) groups is 1. The largest absolute Gasteiger partial charge is 0.388 e. The fourth-order valence-electron chi connectivity index (χ4n) is 1.00. The van der Waals surface area contributed by atoms with Crippen LogP contribution in [0.4, 0.5) is 4.39 Å². The van der Waals surface area contributed by atoms with Crippen molar-refractivity contribution in [3.05, 3.63) is 0 Å². The number of aliphatic hydroxyl groups is 1. The molecule has 2 unspecified atom stereocenters. The summed E-state index contributed by atoms with van der Waals surface area (Å²) in [4.78, 5) is 11.9. The van der Waals surface area contributed by atoms with Crippen molar-refractivity contribution in [2.75, 3.05) is 13.1 Å². The van der Waals surface area contributed by atoms with Crippen molar-refractivity contribution in [2.24, 2.45) is 0 Å². The molecule has 0 radical (unpaired) electrons. The normalized spacial score (nSPS) is 27.9. The van der Waals surface area contributed by atoms with Crippen LogP contribution in [0.3, 0.4) is 0 Å². The lowest BCUT2D eigenvalue weighted by Gasteiger charge is -2.10. The second-order valence-electron chi connectivity index (χ2n) is 2.51. The molecule has 0 aromatic heterocycles. The summed E-state index contributed by atoms with van der Waals surface area (Å²) in [6.45, 7) is 5.54. The fourth-order valence-corrected chi connectivity index (χ4v) is 1.00. The number of rotatable bonds is 0. The van der Waals surface area contributed by atoms with E-state index in [9.17, 15) is 9.18 Å². The summed E-state index contributed by atoms with van der Waals surface area (Å²) >= 11 is 0. The summed E-state index contributed by atoms with van der Waals surface area (Å²) in [6.07, 6.45) is -2.24. The predicted octanol–water partition coefficient (Wildman–Crippen LogP) is 0.574. The van der Waals surface area contributed by atoms with E-state index in [2.05, 4.69) is 0 Å². The molecule has 0 aromatic carbocycles. The number of halogens is 1. The molecule has 3 nitrogen and oxygen atoms in total. The number of hydrogen-bond acceptors (Lipinski definition) is 2. The van der Waals surface area contributed by atoms with Crippen molar-refractivity contribution in [1.82, 2.24) is 4.90 Å². The van der Waals surface area contributed by atoms with Crippen LogP contribution in [-0.4, -0.2) is 41.3 Å². The molecular formula is C8H16FNO2. The van der Waals surface area contributed by atoms with E-state index in [4.69, 9.17) is 5.11 Å². The molecule has 0 bridgehead atoms. The van der Waals surface area contributed by atoms with Gasteiger partial charge in [-0.15, -0.1) is 0 Å². The molecule has 1 amide bonds. The van der Waals surface area contributed by atoms with Crippen LogP contribution in [0.25, 0.3) is 0 Å². The maximum Gasteiger partial charge on any atom is 0.219 e. The molecule has 0 saturated carbocycles. The van der Waals surface area contributed by atoms with Crippen LogP contribution < -0.4 is 0 Å². The number of alkyl halides is 1. The first-order chi connectivity index (χ1) is 5.61. The van der Waals surface area contributed by atoms with Gasteiger partial charge in [-0.05, 0) is 0 Å². The third-order valence-corrected chi connectivity index (χ3v) is 1.67. The second kappa shape index (κ2) is 5.09. The van der Waals surface area contributed by atoms with Crippen LogP contribution in [-0.2, 0) is 4.79 Å². The zero-order chi connectivity index (χ0) is 9.72. The molecule has 0 spiro atoms. The Hall–Kier alpha value is -0.640. The van der Waals surface area contributed by atoms with E-state index in [0.29, 0.717) is 0 Å². The van der Waals surface area contributed by atoms with E-state index >= 15 is 0 Å². The van der Waals surface area contributed by atoms with Gasteiger partial charge in [0.2, 0.25) is 5.91 Å². The number of hydrogen-bond donors (Lipinski definition) is 1. The SMILES string of the molecule is CC.CC(=O)N1CC(O)C(F)C1. The molecule has 4 heteroatoms. The average Bonchev–Trinajstić information content (AvgIpc) is 2.36. The lowest BCUT2D eigenvalue weighted by atomic mass is 10.3.